The Labute approximate surface area is 77.8 Å². The van der Waals surface area contributed by atoms with Crippen LogP contribution in [-0.4, -0.2) is 16.8 Å². The van der Waals surface area contributed by atoms with E-state index in [4.69, 9.17) is 10.8 Å². The number of hydrogen-bond donors (Lipinski definition) is 3. The summed E-state index contributed by atoms with van der Waals surface area (Å²) in [5.74, 6) is 0.325. The van der Waals surface area contributed by atoms with E-state index in [9.17, 15) is 5.11 Å². The molecule has 0 amide bonds. The van der Waals surface area contributed by atoms with Gasteiger partial charge in [-0.3, -0.25) is 0 Å². The Morgan fingerprint density at radius 1 is 1.46 bits per heavy atom. The molecule has 3 nitrogen and oxygen atoms in total. The van der Waals surface area contributed by atoms with E-state index in [2.05, 4.69) is 0 Å². The first kappa shape index (κ1) is 9.86. The van der Waals surface area contributed by atoms with Gasteiger partial charge in [0.15, 0.2) is 0 Å². The predicted octanol–water partition coefficient (Wildman–Crippen LogP) is 1.15. The van der Waals surface area contributed by atoms with Crippen LogP contribution >= 0.6 is 0 Å². The standard InChI is InChI=1S/C10H15NO2/c1-7(6-12)4-8-2-3-9(11)10(13)5-8/h2-3,5,7,12-13H,4,6,11H2,1H3. The first-order valence-corrected chi connectivity index (χ1v) is 4.31. The minimum absolute atomic E-state index is 0.114. The molecule has 0 bridgehead atoms. The van der Waals surface area contributed by atoms with Gasteiger partial charge in [0.05, 0.1) is 5.69 Å². The number of aliphatic hydroxyl groups excluding tert-OH is 1. The van der Waals surface area contributed by atoms with Crippen LogP contribution in [0.15, 0.2) is 18.2 Å². The van der Waals surface area contributed by atoms with Crippen LogP contribution < -0.4 is 5.73 Å². The van der Waals surface area contributed by atoms with E-state index in [1.54, 1.807) is 12.1 Å². The van der Waals surface area contributed by atoms with E-state index < -0.39 is 0 Å². The van der Waals surface area contributed by atoms with Gasteiger partial charge >= 0.3 is 0 Å². The largest absolute Gasteiger partial charge is 0.506 e. The van der Waals surface area contributed by atoms with Crippen molar-refractivity contribution in [1.29, 1.82) is 0 Å². The first-order chi connectivity index (χ1) is 6.13. The molecule has 3 heteroatoms. The van der Waals surface area contributed by atoms with Gasteiger partial charge in [0.2, 0.25) is 0 Å². The van der Waals surface area contributed by atoms with Crippen molar-refractivity contribution < 1.29 is 10.2 Å². The van der Waals surface area contributed by atoms with Crippen molar-refractivity contribution in [2.45, 2.75) is 13.3 Å². The number of anilines is 1. The van der Waals surface area contributed by atoms with Crippen LogP contribution in [-0.2, 0) is 6.42 Å². The molecule has 1 aromatic rings. The van der Waals surface area contributed by atoms with Gasteiger partial charge in [0.1, 0.15) is 5.75 Å². The van der Waals surface area contributed by atoms with E-state index in [1.165, 1.54) is 0 Å². The van der Waals surface area contributed by atoms with Gasteiger partial charge in [-0.1, -0.05) is 13.0 Å². The second-order valence-corrected chi connectivity index (χ2v) is 3.39. The third kappa shape index (κ3) is 2.63. The molecular formula is C10H15NO2. The Bertz CT molecular complexity index is 286. The molecule has 0 saturated carbocycles. The maximum absolute atomic E-state index is 9.30. The maximum Gasteiger partial charge on any atom is 0.138 e. The summed E-state index contributed by atoms with van der Waals surface area (Å²) in [6.45, 7) is 2.11. The lowest BCUT2D eigenvalue weighted by molar-refractivity contribution is 0.237. The summed E-state index contributed by atoms with van der Waals surface area (Å²) in [7, 11) is 0. The minimum atomic E-state index is 0.114. The molecule has 0 heterocycles. The molecule has 0 fully saturated rings. The van der Waals surface area contributed by atoms with Crippen molar-refractivity contribution in [3.63, 3.8) is 0 Å². The molecular weight excluding hydrogens is 166 g/mol. The highest BCUT2D eigenvalue weighted by Gasteiger charge is 2.03. The molecule has 1 aromatic carbocycles. The quantitative estimate of drug-likeness (QED) is 0.484. The number of hydrogen-bond acceptors (Lipinski definition) is 3. The van der Waals surface area contributed by atoms with Crippen LogP contribution in [0, 0.1) is 5.92 Å². The van der Waals surface area contributed by atoms with Crippen molar-refractivity contribution in [3.05, 3.63) is 23.8 Å². The number of phenols is 1. The van der Waals surface area contributed by atoms with E-state index in [0.717, 1.165) is 12.0 Å². The lowest BCUT2D eigenvalue weighted by atomic mass is 10.0. The minimum Gasteiger partial charge on any atom is -0.506 e. The normalized spacial score (nSPS) is 12.8. The zero-order valence-corrected chi connectivity index (χ0v) is 7.70. The molecule has 0 aliphatic rings. The summed E-state index contributed by atoms with van der Waals surface area (Å²) < 4.78 is 0. The van der Waals surface area contributed by atoms with Crippen molar-refractivity contribution in [2.75, 3.05) is 12.3 Å². The van der Waals surface area contributed by atoms with E-state index >= 15 is 0 Å². The molecule has 1 unspecified atom stereocenters. The van der Waals surface area contributed by atoms with Gasteiger partial charge in [0, 0.05) is 6.61 Å². The van der Waals surface area contributed by atoms with Gasteiger partial charge < -0.3 is 15.9 Å². The van der Waals surface area contributed by atoms with Crippen LogP contribution in [0.2, 0.25) is 0 Å². The molecule has 0 aromatic heterocycles. The SMILES string of the molecule is CC(CO)Cc1ccc(N)c(O)c1. The van der Waals surface area contributed by atoms with Crippen LogP contribution in [0.3, 0.4) is 0 Å². The van der Waals surface area contributed by atoms with Crippen LogP contribution in [0.25, 0.3) is 0 Å². The summed E-state index contributed by atoms with van der Waals surface area (Å²) in [5, 5.41) is 18.1. The molecule has 0 spiro atoms. The first-order valence-electron chi connectivity index (χ1n) is 4.31. The van der Waals surface area contributed by atoms with Gasteiger partial charge in [-0.25, -0.2) is 0 Å². The monoisotopic (exact) mass is 181 g/mol. The lowest BCUT2D eigenvalue weighted by Crippen LogP contribution is -2.04. The van der Waals surface area contributed by atoms with Crippen LogP contribution in [0.4, 0.5) is 5.69 Å². The fourth-order valence-electron chi connectivity index (χ4n) is 1.18. The number of nitrogen functional groups attached to an aromatic ring is 1. The highest BCUT2D eigenvalue weighted by atomic mass is 16.3. The average molecular weight is 181 g/mol. The van der Waals surface area contributed by atoms with Gasteiger partial charge in [-0.2, -0.15) is 0 Å². The zero-order valence-electron chi connectivity index (χ0n) is 7.70. The highest BCUT2D eigenvalue weighted by molar-refractivity contribution is 5.52. The number of nitrogens with two attached hydrogens (primary N) is 1. The summed E-state index contributed by atoms with van der Waals surface area (Å²) in [4.78, 5) is 0. The summed E-state index contributed by atoms with van der Waals surface area (Å²) in [6.07, 6.45) is 0.754. The van der Waals surface area contributed by atoms with E-state index in [1.807, 2.05) is 13.0 Å². The van der Waals surface area contributed by atoms with Gasteiger partial charge in [-0.05, 0) is 30.0 Å². The van der Waals surface area contributed by atoms with Crippen molar-refractivity contribution >= 4 is 5.69 Å². The van der Waals surface area contributed by atoms with Crippen molar-refractivity contribution in [2.24, 2.45) is 5.92 Å². The predicted molar refractivity (Wildman–Crippen MR) is 52.5 cm³/mol. The molecule has 0 radical (unpaired) electrons. The van der Waals surface area contributed by atoms with Crippen LogP contribution in [0.1, 0.15) is 12.5 Å². The summed E-state index contributed by atoms with van der Waals surface area (Å²) in [5.41, 5.74) is 6.84. The molecule has 1 atom stereocenters. The smallest absolute Gasteiger partial charge is 0.138 e. The Hall–Kier alpha value is -1.22. The fraction of sp³-hybridized carbons (Fsp3) is 0.400. The number of benzene rings is 1. The average Bonchev–Trinajstić information content (AvgIpc) is 2.11. The molecule has 1 rings (SSSR count). The van der Waals surface area contributed by atoms with Crippen molar-refractivity contribution in [1.82, 2.24) is 0 Å². The van der Waals surface area contributed by atoms with E-state index in [0.29, 0.717) is 5.69 Å². The number of rotatable bonds is 3. The summed E-state index contributed by atoms with van der Waals surface area (Å²) >= 11 is 0. The third-order valence-electron chi connectivity index (χ3n) is 1.99. The Balaban J connectivity index is 2.73. The van der Waals surface area contributed by atoms with Gasteiger partial charge in [-0.15, -0.1) is 0 Å². The van der Waals surface area contributed by atoms with Gasteiger partial charge in [0.25, 0.3) is 0 Å². The number of phenolic OH excluding ortho intramolecular Hbond substituents is 1. The van der Waals surface area contributed by atoms with Crippen molar-refractivity contribution in [3.8, 4) is 5.75 Å². The molecule has 0 saturated heterocycles. The molecule has 13 heavy (non-hydrogen) atoms. The second-order valence-electron chi connectivity index (χ2n) is 3.39. The highest BCUT2D eigenvalue weighted by Crippen LogP contribution is 2.22. The van der Waals surface area contributed by atoms with E-state index in [-0.39, 0.29) is 18.3 Å². The number of aliphatic hydroxyl groups is 1. The lowest BCUT2D eigenvalue weighted by Gasteiger charge is -2.08. The molecule has 4 N–H and O–H groups in total. The maximum atomic E-state index is 9.30. The van der Waals surface area contributed by atoms with Crippen LogP contribution in [0.5, 0.6) is 5.75 Å². The Morgan fingerprint density at radius 3 is 2.69 bits per heavy atom. The molecule has 72 valence electrons. The number of aromatic hydroxyl groups is 1. The second kappa shape index (κ2) is 4.14. The summed E-state index contributed by atoms with van der Waals surface area (Å²) in [6, 6.07) is 5.18. The zero-order chi connectivity index (χ0) is 9.84. The molecule has 0 aliphatic heterocycles. The third-order valence-corrected chi connectivity index (χ3v) is 1.99. The Morgan fingerprint density at radius 2 is 2.15 bits per heavy atom. The topological polar surface area (TPSA) is 66.5 Å². The Kier molecular flexibility index (Phi) is 3.14. The molecule has 0 aliphatic carbocycles. The fourth-order valence-corrected chi connectivity index (χ4v) is 1.18.